The highest BCUT2D eigenvalue weighted by atomic mass is 32.1. The summed E-state index contributed by atoms with van der Waals surface area (Å²) in [5.41, 5.74) is 9.64. The van der Waals surface area contributed by atoms with E-state index in [4.69, 9.17) is 0 Å². The van der Waals surface area contributed by atoms with Crippen LogP contribution in [-0.2, 0) is 0 Å². The molecule has 1 aliphatic carbocycles. The van der Waals surface area contributed by atoms with Crippen LogP contribution in [0.3, 0.4) is 0 Å². The number of aromatic nitrogens is 1. The van der Waals surface area contributed by atoms with E-state index in [1.165, 1.54) is 75.9 Å². The summed E-state index contributed by atoms with van der Waals surface area (Å²) in [6.07, 6.45) is 9.06. The van der Waals surface area contributed by atoms with E-state index in [2.05, 4.69) is 167 Å². The van der Waals surface area contributed by atoms with Crippen molar-refractivity contribution in [2.24, 2.45) is 0 Å². The molecule has 3 heteroatoms. The van der Waals surface area contributed by atoms with Gasteiger partial charge in [-0.05, 0) is 84.6 Å². The Morgan fingerprint density at radius 3 is 1.80 bits per heavy atom. The number of nitrogens with zero attached hydrogens (tertiary/aromatic N) is 2. The number of hydrogen-bond acceptors (Lipinski definition) is 2. The largest absolute Gasteiger partial charge is 0.311 e. The zero-order valence-corrected chi connectivity index (χ0v) is 25.5. The zero-order valence-electron chi connectivity index (χ0n) is 24.7. The minimum absolute atomic E-state index is 1.06. The summed E-state index contributed by atoms with van der Waals surface area (Å²) in [7, 11) is 0. The van der Waals surface area contributed by atoms with Crippen LogP contribution >= 0.6 is 11.3 Å². The number of para-hydroxylation sites is 2. The van der Waals surface area contributed by atoms with Crippen molar-refractivity contribution >= 4 is 64.7 Å². The third-order valence-corrected chi connectivity index (χ3v) is 10.2. The van der Waals surface area contributed by atoms with Crippen LogP contribution in [0.2, 0.25) is 0 Å². The van der Waals surface area contributed by atoms with Gasteiger partial charge >= 0.3 is 0 Å². The number of benzene rings is 6. The molecule has 0 saturated carbocycles. The average molecular weight is 595 g/mol. The maximum atomic E-state index is 2.40. The molecule has 6 aromatic carbocycles. The molecule has 45 heavy (non-hydrogen) atoms. The molecule has 214 valence electrons. The Labute approximate surface area is 266 Å². The van der Waals surface area contributed by atoms with Crippen LogP contribution in [-0.4, -0.2) is 4.57 Å². The number of fused-ring (bicyclic) bond motifs is 6. The summed E-state index contributed by atoms with van der Waals surface area (Å²) >= 11 is 1.87. The van der Waals surface area contributed by atoms with Crippen molar-refractivity contribution in [1.29, 1.82) is 0 Å². The average Bonchev–Trinajstić information content (AvgIpc) is 3.65. The highest BCUT2D eigenvalue weighted by Crippen LogP contribution is 2.40. The molecule has 9 rings (SSSR count). The van der Waals surface area contributed by atoms with Crippen LogP contribution < -0.4 is 4.90 Å². The second-order valence-corrected chi connectivity index (χ2v) is 12.8. The van der Waals surface area contributed by atoms with E-state index in [9.17, 15) is 0 Å². The van der Waals surface area contributed by atoms with Gasteiger partial charge in [-0.1, -0.05) is 97.1 Å². The number of hydrogen-bond donors (Lipinski definition) is 0. The minimum atomic E-state index is 1.06. The van der Waals surface area contributed by atoms with Gasteiger partial charge in [-0.15, -0.1) is 11.3 Å². The molecule has 0 amide bonds. The van der Waals surface area contributed by atoms with Crippen molar-refractivity contribution in [2.45, 2.75) is 12.8 Å². The third-order valence-electron chi connectivity index (χ3n) is 9.02. The summed E-state index contributed by atoms with van der Waals surface area (Å²) in [5.74, 6) is 0. The standard InChI is InChI=1S/C42H30N2S/c1-2-10-31(11-3-1)43(34-26-27-38-37-14-6-9-17-41(37)45-42(38)28-34)32-22-18-29(19-23-32)30-20-24-33(25-21-30)44-39-15-7-4-12-35(39)36-13-5-8-16-40(36)44/h2,4-28H,1,3H2. The lowest BCUT2D eigenvalue weighted by molar-refractivity contribution is 0.997. The Morgan fingerprint density at radius 1 is 0.511 bits per heavy atom. The first kappa shape index (κ1) is 26.1. The number of rotatable bonds is 5. The van der Waals surface area contributed by atoms with Gasteiger partial charge < -0.3 is 9.47 Å². The fraction of sp³-hybridized carbons (Fsp3) is 0.0476. The van der Waals surface area contributed by atoms with Crippen molar-refractivity contribution in [1.82, 2.24) is 4.57 Å². The maximum absolute atomic E-state index is 2.40. The molecule has 0 radical (unpaired) electrons. The van der Waals surface area contributed by atoms with E-state index >= 15 is 0 Å². The van der Waals surface area contributed by atoms with E-state index in [-0.39, 0.29) is 0 Å². The third kappa shape index (κ3) is 4.39. The minimum Gasteiger partial charge on any atom is -0.311 e. The molecule has 0 unspecified atom stereocenters. The number of allylic oxidation sites excluding steroid dienone is 3. The monoisotopic (exact) mass is 594 g/mol. The molecule has 2 nitrogen and oxygen atoms in total. The van der Waals surface area contributed by atoms with Crippen LogP contribution in [0.25, 0.3) is 58.8 Å². The normalized spacial score (nSPS) is 13.2. The molecule has 2 aromatic heterocycles. The lowest BCUT2D eigenvalue weighted by atomic mass is 10.0. The van der Waals surface area contributed by atoms with Gasteiger partial charge in [-0.25, -0.2) is 0 Å². The lowest BCUT2D eigenvalue weighted by Crippen LogP contribution is -2.16. The van der Waals surface area contributed by atoms with Gasteiger partial charge in [-0.3, -0.25) is 0 Å². The second kappa shape index (κ2) is 10.7. The van der Waals surface area contributed by atoms with Gasteiger partial charge in [0, 0.05) is 53.7 Å². The SMILES string of the molecule is C1=CC(N(c2ccc(-c3ccc(-n4c5ccccc5c5ccccc54)cc3)cc2)c2ccc3c(c2)sc2ccccc23)=CCC1. The van der Waals surface area contributed by atoms with E-state index in [1.807, 2.05) is 11.3 Å². The molecular formula is C42H30N2S. The molecule has 0 spiro atoms. The highest BCUT2D eigenvalue weighted by Gasteiger charge is 2.17. The van der Waals surface area contributed by atoms with E-state index in [0.29, 0.717) is 0 Å². The smallest absolute Gasteiger partial charge is 0.0541 e. The first-order chi connectivity index (χ1) is 22.3. The molecule has 8 aromatic rings. The zero-order chi connectivity index (χ0) is 29.7. The van der Waals surface area contributed by atoms with Crippen LogP contribution in [0.1, 0.15) is 12.8 Å². The van der Waals surface area contributed by atoms with Crippen LogP contribution in [0.4, 0.5) is 11.4 Å². The molecule has 0 saturated heterocycles. The van der Waals surface area contributed by atoms with Gasteiger partial charge in [0.25, 0.3) is 0 Å². The summed E-state index contributed by atoms with van der Waals surface area (Å²) in [6, 6.07) is 51.0. The number of anilines is 2. The Balaban J connectivity index is 1.08. The van der Waals surface area contributed by atoms with Gasteiger partial charge in [-0.2, -0.15) is 0 Å². The Hall–Kier alpha value is -5.38. The van der Waals surface area contributed by atoms with Crippen molar-refractivity contribution in [3.05, 3.63) is 163 Å². The van der Waals surface area contributed by atoms with Crippen molar-refractivity contribution in [3.8, 4) is 16.8 Å². The fourth-order valence-corrected chi connectivity index (χ4v) is 8.01. The highest BCUT2D eigenvalue weighted by molar-refractivity contribution is 7.25. The predicted octanol–water partition coefficient (Wildman–Crippen LogP) is 12.2. The Kier molecular flexibility index (Phi) is 6.17. The van der Waals surface area contributed by atoms with Crippen molar-refractivity contribution in [2.75, 3.05) is 4.90 Å². The molecule has 0 N–H and O–H groups in total. The first-order valence-electron chi connectivity index (χ1n) is 15.6. The quantitative estimate of drug-likeness (QED) is 0.192. The second-order valence-electron chi connectivity index (χ2n) is 11.7. The van der Waals surface area contributed by atoms with Crippen LogP contribution in [0.15, 0.2) is 163 Å². The van der Waals surface area contributed by atoms with Crippen molar-refractivity contribution in [3.63, 3.8) is 0 Å². The van der Waals surface area contributed by atoms with Gasteiger partial charge in [0.1, 0.15) is 0 Å². The molecule has 0 aliphatic heterocycles. The van der Waals surface area contributed by atoms with Crippen molar-refractivity contribution < 1.29 is 0 Å². The van der Waals surface area contributed by atoms with E-state index in [1.54, 1.807) is 0 Å². The lowest BCUT2D eigenvalue weighted by Gasteiger charge is -2.28. The van der Waals surface area contributed by atoms with E-state index < -0.39 is 0 Å². The van der Waals surface area contributed by atoms with Gasteiger partial charge in [0.15, 0.2) is 0 Å². The van der Waals surface area contributed by atoms with Gasteiger partial charge in [0.05, 0.1) is 11.0 Å². The summed E-state index contributed by atoms with van der Waals surface area (Å²) in [6.45, 7) is 0. The van der Waals surface area contributed by atoms with Gasteiger partial charge in [0.2, 0.25) is 0 Å². The molecule has 2 heterocycles. The topological polar surface area (TPSA) is 8.17 Å². The Bertz CT molecular complexity index is 2370. The maximum Gasteiger partial charge on any atom is 0.0541 e. The molecule has 0 atom stereocenters. The van der Waals surface area contributed by atoms with E-state index in [0.717, 1.165) is 12.8 Å². The predicted molar refractivity (Wildman–Crippen MR) is 194 cm³/mol. The van der Waals surface area contributed by atoms with Crippen LogP contribution in [0, 0.1) is 0 Å². The molecule has 0 bridgehead atoms. The molecule has 0 fully saturated rings. The molecule has 1 aliphatic rings. The number of thiophene rings is 1. The summed E-state index contributed by atoms with van der Waals surface area (Å²) in [5, 5.41) is 5.23. The first-order valence-corrected chi connectivity index (χ1v) is 16.4. The molecular weight excluding hydrogens is 565 g/mol. The fourth-order valence-electron chi connectivity index (χ4n) is 6.87. The Morgan fingerprint density at radius 2 is 1.11 bits per heavy atom. The summed E-state index contributed by atoms with van der Waals surface area (Å²) < 4.78 is 5.02. The summed E-state index contributed by atoms with van der Waals surface area (Å²) in [4.78, 5) is 2.40. The van der Waals surface area contributed by atoms with Crippen LogP contribution in [0.5, 0.6) is 0 Å².